The molecule has 3 aromatic rings. The van der Waals surface area contributed by atoms with Gasteiger partial charge in [-0.3, -0.25) is 14.5 Å². The topological polar surface area (TPSA) is 55.8 Å². The predicted octanol–water partition coefficient (Wildman–Crippen LogP) is 7.08. The zero-order chi connectivity index (χ0) is 24.2. The first-order valence-corrected chi connectivity index (χ1v) is 12.7. The molecule has 4 rings (SSSR count). The molecule has 0 aromatic heterocycles. The third-order valence-corrected chi connectivity index (χ3v) is 7.25. The number of hydrogen-bond donors (Lipinski definition) is 0. The number of rotatable bonds is 7. The molecule has 1 saturated heterocycles. The van der Waals surface area contributed by atoms with E-state index in [2.05, 4.69) is 22.6 Å². The largest absolute Gasteiger partial charge is 0.493 e. The van der Waals surface area contributed by atoms with Crippen molar-refractivity contribution in [2.75, 3.05) is 7.11 Å². The first-order valence-electron chi connectivity index (χ1n) is 10.4. The molecule has 0 saturated carbocycles. The molecule has 0 spiro atoms. The normalized spacial score (nSPS) is 14.7. The minimum Gasteiger partial charge on any atom is -0.493 e. The number of hydrogen-bond acceptors (Lipinski definition) is 5. The quantitative estimate of drug-likeness (QED) is 0.213. The van der Waals surface area contributed by atoms with Gasteiger partial charge in [0.2, 0.25) is 0 Å². The van der Waals surface area contributed by atoms with Gasteiger partial charge in [0.1, 0.15) is 6.61 Å². The highest BCUT2D eigenvalue weighted by molar-refractivity contribution is 14.1. The summed E-state index contributed by atoms with van der Waals surface area (Å²) >= 11 is 9.34. The second kappa shape index (κ2) is 10.8. The molecule has 8 heteroatoms. The van der Waals surface area contributed by atoms with Crippen LogP contribution in [0.15, 0.2) is 65.6 Å². The summed E-state index contributed by atoms with van der Waals surface area (Å²) in [5.41, 5.74) is 3.61. The van der Waals surface area contributed by atoms with E-state index in [0.29, 0.717) is 28.0 Å². The number of amides is 2. The highest BCUT2D eigenvalue weighted by Gasteiger charge is 2.35. The predicted molar refractivity (Wildman–Crippen MR) is 144 cm³/mol. The first kappa shape index (κ1) is 24.6. The van der Waals surface area contributed by atoms with Gasteiger partial charge in [-0.15, -0.1) is 0 Å². The minimum atomic E-state index is -0.301. The van der Waals surface area contributed by atoms with Gasteiger partial charge in [-0.1, -0.05) is 59.6 Å². The Bertz CT molecular complexity index is 1290. The van der Waals surface area contributed by atoms with Gasteiger partial charge in [-0.2, -0.15) is 0 Å². The van der Waals surface area contributed by atoms with Crippen molar-refractivity contribution in [3.05, 3.63) is 96.4 Å². The van der Waals surface area contributed by atoms with Gasteiger partial charge in [0.15, 0.2) is 11.5 Å². The highest BCUT2D eigenvalue weighted by atomic mass is 127. The summed E-state index contributed by atoms with van der Waals surface area (Å²) in [6.45, 7) is 2.52. The van der Waals surface area contributed by atoms with Crippen molar-refractivity contribution in [1.29, 1.82) is 0 Å². The van der Waals surface area contributed by atoms with E-state index in [9.17, 15) is 9.59 Å². The van der Waals surface area contributed by atoms with Gasteiger partial charge in [0.05, 0.1) is 22.1 Å². The summed E-state index contributed by atoms with van der Waals surface area (Å²) in [7, 11) is 1.56. The first-order chi connectivity index (χ1) is 16.4. The number of aryl methyl sites for hydroxylation is 1. The average molecular weight is 606 g/mol. The monoisotopic (exact) mass is 605 g/mol. The van der Waals surface area contributed by atoms with E-state index >= 15 is 0 Å². The Morgan fingerprint density at radius 2 is 1.88 bits per heavy atom. The van der Waals surface area contributed by atoms with E-state index in [4.69, 9.17) is 21.1 Å². The summed E-state index contributed by atoms with van der Waals surface area (Å²) in [5, 5.41) is 0.355. The van der Waals surface area contributed by atoms with Gasteiger partial charge in [0.25, 0.3) is 11.1 Å². The van der Waals surface area contributed by atoms with Crippen LogP contribution in [0.3, 0.4) is 0 Å². The molecular weight excluding hydrogens is 585 g/mol. The Labute approximate surface area is 221 Å². The molecule has 0 N–H and O–H groups in total. The van der Waals surface area contributed by atoms with Crippen LogP contribution in [0.5, 0.6) is 11.5 Å². The lowest BCUT2D eigenvalue weighted by Crippen LogP contribution is -2.27. The van der Waals surface area contributed by atoms with E-state index in [1.807, 2.05) is 61.5 Å². The van der Waals surface area contributed by atoms with E-state index in [1.54, 1.807) is 19.3 Å². The summed E-state index contributed by atoms with van der Waals surface area (Å²) in [6, 6.07) is 19.0. The van der Waals surface area contributed by atoms with Crippen molar-refractivity contribution in [3.8, 4) is 11.5 Å². The molecule has 1 fully saturated rings. The van der Waals surface area contributed by atoms with E-state index in [-0.39, 0.29) is 17.7 Å². The molecule has 0 atom stereocenters. The van der Waals surface area contributed by atoms with Crippen LogP contribution in [0.2, 0.25) is 5.02 Å². The van der Waals surface area contributed by atoms with Crippen LogP contribution in [0.25, 0.3) is 6.08 Å². The lowest BCUT2D eigenvalue weighted by atomic mass is 10.1. The van der Waals surface area contributed by atoms with Crippen LogP contribution in [0.4, 0.5) is 4.79 Å². The lowest BCUT2D eigenvalue weighted by molar-refractivity contribution is -0.123. The maximum Gasteiger partial charge on any atom is 0.293 e. The zero-order valence-corrected chi connectivity index (χ0v) is 22.2. The summed E-state index contributed by atoms with van der Waals surface area (Å²) < 4.78 is 12.4. The van der Waals surface area contributed by atoms with Crippen molar-refractivity contribution < 1.29 is 19.1 Å². The Morgan fingerprint density at radius 1 is 1.09 bits per heavy atom. The standard InChI is InChI=1S/C26H21ClINO4S/c1-16-6-5-7-17(10-16)14-29-25(30)23(34-26(29)31)13-18-11-21(28)24(22(12-18)32-2)33-15-19-8-3-4-9-20(19)27/h3-13H,14-15H2,1-2H3/b23-13+. The highest BCUT2D eigenvalue weighted by Crippen LogP contribution is 2.38. The van der Waals surface area contributed by atoms with Crippen molar-refractivity contribution in [2.45, 2.75) is 20.1 Å². The number of methoxy groups -OCH3 is 1. The van der Waals surface area contributed by atoms with Gasteiger partial charge in [0, 0.05) is 10.6 Å². The number of benzene rings is 3. The molecule has 1 heterocycles. The Kier molecular flexibility index (Phi) is 7.85. The zero-order valence-electron chi connectivity index (χ0n) is 18.5. The van der Waals surface area contributed by atoms with Crippen LogP contribution in [0, 0.1) is 10.5 Å². The number of nitrogens with zero attached hydrogens (tertiary/aromatic N) is 1. The number of carbonyl (C=O) groups is 2. The molecule has 1 aliphatic rings. The number of imide groups is 1. The third-order valence-electron chi connectivity index (χ3n) is 5.18. The van der Waals surface area contributed by atoms with Gasteiger partial charge in [-0.05, 0) is 76.7 Å². The van der Waals surface area contributed by atoms with Gasteiger partial charge < -0.3 is 9.47 Å². The molecular formula is C26H21ClINO4S. The molecule has 5 nitrogen and oxygen atoms in total. The van der Waals surface area contributed by atoms with Crippen LogP contribution in [-0.2, 0) is 17.9 Å². The van der Waals surface area contributed by atoms with E-state index in [0.717, 1.165) is 37.6 Å². The number of carbonyl (C=O) groups excluding carboxylic acids is 2. The fourth-order valence-corrected chi connectivity index (χ4v) is 5.32. The molecule has 0 radical (unpaired) electrons. The van der Waals surface area contributed by atoms with Crippen molar-refractivity contribution in [3.63, 3.8) is 0 Å². The number of ether oxygens (including phenoxy) is 2. The number of halogens is 2. The fourth-order valence-electron chi connectivity index (χ4n) is 3.51. The smallest absolute Gasteiger partial charge is 0.293 e. The molecule has 34 heavy (non-hydrogen) atoms. The van der Waals surface area contributed by atoms with Crippen LogP contribution < -0.4 is 9.47 Å². The minimum absolute atomic E-state index is 0.249. The maximum atomic E-state index is 13.0. The van der Waals surface area contributed by atoms with Gasteiger partial charge >= 0.3 is 0 Å². The second-order valence-corrected chi connectivity index (χ2v) is 10.2. The average Bonchev–Trinajstić information content (AvgIpc) is 3.06. The van der Waals surface area contributed by atoms with Crippen LogP contribution in [0.1, 0.15) is 22.3 Å². The van der Waals surface area contributed by atoms with Gasteiger partial charge in [-0.25, -0.2) is 0 Å². The molecule has 1 aliphatic heterocycles. The second-order valence-electron chi connectivity index (χ2n) is 7.67. The van der Waals surface area contributed by atoms with Crippen molar-refractivity contribution in [2.24, 2.45) is 0 Å². The summed E-state index contributed by atoms with van der Waals surface area (Å²) in [6.07, 6.45) is 1.71. The molecule has 3 aromatic carbocycles. The molecule has 0 aliphatic carbocycles. The Hall–Kier alpha value is -2.49. The Morgan fingerprint density at radius 3 is 2.62 bits per heavy atom. The van der Waals surface area contributed by atoms with E-state index < -0.39 is 0 Å². The summed E-state index contributed by atoms with van der Waals surface area (Å²) in [5.74, 6) is 0.821. The van der Waals surface area contributed by atoms with Crippen LogP contribution in [-0.4, -0.2) is 23.2 Å². The van der Waals surface area contributed by atoms with Crippen molar-refractivity contribution >= 4 is 63.2 Å². The number of thioether (sulfide) groups is 1. The van der Waals surface area contributed by atoms with Crippen molar-refractivity contribution in [1.82, 2.24) is 4.90 Å². The summed E-state index contributed by atoms with van der Waals surface area (Å²) in [4.78, 5) is 27.1. The molecule has 0 bridgehead atoms. The molecule has 0 unspecified atom stereocenters. The van der Waals surface area contributed by atoms with Crippen LogP contribution >= 0.6 is 46.0 Å². The molecule has 2 amide bonds. The lowest BCUT2D eigenvalue weighted by Gasteiger charge is -2.14. The fraction of sp³-hybridized carbons (Fsp3) is 0.154. The maximum absolute atomic E-state index is 13.0. The molecule has 174 valence electrons. The third kappa shape index (κ3) is 5.59. The SMILES string of the molecule is COc1cc(/C=C2/SC(=O)N(Cc3cccc(C)c3)C2=O)cc(I)c1OCc1ccccc1Cl. The van der Waals surface area contributed by atoms with E-state index in [1.165, 1.54) is 4.90 Å². The Balaban J connectivity index is 1.54.